The van der Waals surface area contributed by atoms with E-state index in [4.69, 9.17) is 9.72 Å². The summed E-state index contributed by atoms with van der Waals surface area (Å²) in [6.45, 7) is 1.40. The molecule has 9 nitrogen and oxygen atoms in total. The molecule has 0 aliphatic heterocycles. The lowest BCUT2D eigenvalue weighted by atomic mass is 10.0. The largest absolute Gasteiger partial charge is 0.496 e. The molecule has 35 heavy (non-hydrogen) atoms. The van der Waals surface area contributed by atoms with Gasteiger partial charge < -0.3 is 14.5 Å². The van der Waals surface area contributed by atoms with Crippen molar-refractivity contribution in [3.8, 4) is 17.0 Å². The summed E-state index contributed by atoms with van der Waals surface area (Å²) in [5.74, 6) is 1.10. The molecule has 180 valence electrons. The number of nitro benzene ring substituents is 1. The number of anilines is 1. The molecule has 0 N–H and O–H groups in total. The van der Waals surface area contributed by atoms with Gasteiger partial charge >= 0.3 is 0 Å². The molecule has 0 fully saturated rings. The zero-order valence-electron chi connectivity index (χ0n) is 20.3. The van der Waals surface area contributed by atoms with Crippen LogP contribution in [0.4, 0.5) is 11.4 Å². The van der Waals surface area contributed by atoms with Crippen molar-refractivity contribution in [1.29, 1.82) is 0 Å². The molecular formula is C26H28N6O3. The molecule has 0 amide bonds. The smallest absolute Gasteiger partial charge is 0.293 e. The highest BCUT2D eigenvalue weighted by Gasteiger charge is 2.22. The molecule has 0 bridgehead atoms. The van der Waals surface area contributed by atoms with Crippen LogP contribution in [0, 0.1) is 10.1 Å². The first kappa shape index (κ1) is 24.0. The number of aromatic nitrogens is 3. The topological polar surface area (TPSA) is 97.5 Å². The van der Waals surface area contributed by atoms with Crippen molar-refractivity contribution in [2.24, 2.45) is 0 Å². The molecule has 0 aliphatic rings. The molecule has 0 spiro atoms. The van der Waals surface area contributed by atoms with Gasteiger partial charge in [-0.05, 0) is 25.5 Å². The molecule has 2 heterocycles. The third kappa shape index (κ3) is 5.36. The minimum atomic E-state index is -0.358. The lowest BCUT2D eigenvalue weighted by molar-refractivity contribution is -0.384. The molecule has 0 saturated carbocycles. The van der Waals surface area contributed by atoms with Crippen molar-refractivity contribution in [3.63, 3.8) is 0 Å². The Bertz CT molecular complexity index is 1350. The molecule has 0 atom stereocenters. The van der Waals surface area contributed by atoms with Gasteiger partial charge in [0.1, 0.15) is 17.3 Å². The summed E-state index contributed by atoms with van der Waals surface area (Å²) >= 11 is 0. The van der Waals surface area contributed by atoms with Gasteiger partial charge in [0.25, 0.3) is 5.69 Å². The second-order valence-electron chi connectivity index (χ2n) is 8.58. The zero-order chi connectivity index (χ0) is 24.9. The van der Waals surface area contributed by atoms with Gasteiger partial charge in [0, 0.05) is 73.8 Å². The standard InChI is InChI=1S/C26H28N6O3/c1-30(2)11-12-31(3)23-15-25(35-4)19(13-24(23)32(33)34)14-26-28-10-9-22(29-26)21-17-27-16-18-7-5-6-8-20(18)21/h5-10,13,15-17H,11-12,14H2,1-4H3. The third-order valence-electron chi connectivity index (χ3n) is 5.87. The molecule has 0 saturated heterocycles. The molecule has 4 rings (SSSR count). The highest BCUT2D eigenvalue weighted by Crippen LogP contribution is 2.36. The number of hydrogen-bond acceptors (Lipinski definition) is 8. The van der Waals surface area contributed by atoms with Crippen molar-refractivity contribution < 1.29 is 9.66 Å². The maximum atomic E-state index is 11.9. The predicted molar refractivity (Wildman–Crippen MR) is 137 cm³/mol. The van der Waals surface area contributed by atoms with E-state index in [1.165, 1.54) is 0 Å². The first-order valence-corrected chi connectivity index (χ1v) is 11.2. The Labute approximate surface area is 204 Å². The Morgan fingerprint density at radius 2 is 1.86 bits per heavy atom. The molecule has 0 aliphatic carbocycles. The van der Waals surface area contributed by atoms with Crippen molar-refractivity contribution in [1.82, 2.24) is 19.9 Å². The van der Waals surface area contributed by atoms with Gasteiger partial charge in [0.2, 0.25) is 0 Å². The van der Waals surface area contributed by atoms with E-state index in [0.717, 1.165) is 28.6 Å². The van der Waals surface area contributed by atoms with Crippen molar-refractivity contribution in [2.75, 3.05) is 46.2 Å². The van der Waals surface area contributed by atoms with Crippen LogP contribution in [0.3, 0.4) is 0 Å². The Balaban J connectivity index is 1.70. The number of nitro groups is 1. The van der Waals surface area contributed by atoms with Crippen LogP contribution in [0.1, 0.15) is 11.4 Å². The van der Waals surface area contributed by atoms with Gasteiger partial charge in [0.15, 0.2) is 0 Å². The predicted octanol–water partition coefficient (Wildman–Crippen LogP) is 4.20. The number of ether oxygens (including phenoxy) is 1. The summed E-state index contributed by atoms with van der Waals surface area (Å²) in [5.41, 5.74) is 2.83. The number of pyridine rings is 1. The van der Waals surface area contributed by atoms with Crippen LogP contribution in [-0.2, 0) is 6.42 Å². The number of methoxy groups -OCH3 is 1. The van der Waals surface area contributed by atoms with E-state index in [9.17, 15) is 10.1 Å². The number of fused-ring (bicyclic) bond motifs is 1. The SMILES string of the molecule is COc1cc(N(C)CCN(C)C)c([N+](=O)[O-])cc1Cc1nccc(-c2cncc3ccccc23)n1. The van der Waals surface area contributed by atoms with Crippen molar-refractivity contribution in [3.05, 3.63) is 82.6 Å². The second-order valence-corrected chi connectivity index (χ2v) is 8.58. The van der Waals surface area contributed by atoms with E-state index < -0.39 is 0 Å². The van der Waals surface area contributed by atoms with E-state index in [-0.39, 0.29) is 17.0 Å². The summed E-state index contributed by atoms with van der Waals surface area (Å²) in [6, 6.07) is 13.1. The summed E-state index contributed by atoms with van der Waals surface area (Å²) < 4.78 is 5.62. The van der Waals surface area contributed by atoms with Gasteiger partial charge in [-0.15, -0.1) is 0 Å². The van der Waals surface area contributed by atoms with Gasteiger partial charge in [-0.25, -0.2) is 9.97 Å². The monoisotopic (exact) mass is 472 g/mol. The lowest BCUT2D eigenvalue weighted by Gasteiger charge is -2.22. The Morgan fingerprint density at radius 3 is 2.60 bits per heavy atom. The summed E-state index contributed by atoms with van der Waals surface area (Å²) in [6.07, 6.45) is 5.60. The maximum Gasteiger partial charge on any atom is 0.293 e. The fourth-order valence-electron chi connectivity index (χ4n) is 3.98. The quantitative estimate of drug-likeness (QED) is 0.264. The molecule has 2 aromatic carbocycles. The van der Waals surface area contributed by atoms with Gasteiger partial charge in [-0.3, -0.25) is 15.1 Å². The van der Waals surface area contributed by atoms with Crippen LogP contribution in [0.15, 0.2) is 61.1 Å². The zero-order valence-corrected chi connectivity index (χ0v) is 20.3. The number of rotatable bonds is 9. The number of benzene rings is 2. The lowest BCUT2D eigenvalue weighted by Crippen LogP contribution is -2.29. The molecule has 2 aromatic heterocycles. The number of nitrogens with zero attached hydrogens (tertiary/aromatic N) is 6. The van der Waals surface area contributed by atoms with Crippen molar-refractivity contribution >= 4 is 22.1 Å². The van der Waals surface area contributed by atoms with Crippen LogP contribution < -0.4 is 9.64 Å². The highest BCUT2D eigenvalue weighted by atomic mass is 16.6. The third-order valence-corrected chi connectivity index (χ3v) is 5.87. The average molecular weight is 473 g/mol. The van der Waals surface area contributed by atoms with Gasteiger partial charge in [0.05, 0.1) is 17.7 Å². The van der Waals surface area contributed by atoms with E-state index in [1.54, 1.807) is 31.6 Å². The average Bonchev–Trinajstić information content (AvgIpc) is 2.86. The number of likely N-dealkylation sites (N-methyl/N-ethyl adjacent to an activating group) is 2. The van der Waals surface area contributed by atoms with Crippen LogP contribution in [0.25, 0.3) is 22.0 Å². The minimum absolute atomic E-state index is 0.0245. The Kier molecular flexibility index (Phi) is 7.17. The minimum Gasteiger partial charge on any atom is -0.496 e. The normalized spacial score (nSPS) is 11.1. The summed E-state index contributed by atoms with van der Waals surface area (Å²) in [5, 5.41) is 14.0. The van der Waals surface area contributed by atoms with Crippen LogP contribution in [0.2, 0.25) is 0 Å². The summed E-state index contributed by atoms with van der Waals surface area (Å²) in [4.78, 5) is 29.0. The first-order chi connectivity index (χ1) is 16.9. The Hall–Kier alpha value is -4.11. The van der Waals surface area contributed by atoms with Crippen molar-refractivity contribution in [2.45, 2.75) is 6.42 Å². The highest BCUT2D eigenvalue weighted by molar-refractivity contribution is 5.94. The van der Waals surface area contributed by atoms with E-state index in [1.807, 2.05) is 67.5 Å². The van der Waals surface area contributed by atoms with E-state index in [2.05, 4.69) is 9.97 Å². The van der Waals surface area contributed by atoms with E-state index in [0.29, 0.717) is 29.4 Å². The molecular weight excluding hydrogens is 444 g/mol. The van der Waals surface area contributed by atoms with Crippen LogP contribution >= 0.6 is 0 Å². The molecule has 0 radical (unpaired) electrons. The fraction of sp³-hybridized carbons (Fsp3) is 0.269. The van der Waals surface area contributed by atoms with Gasteiger partial charge in [-0.2, -0.15) is 0 Å². The Morgan fingerprint density at radius 1 is 1.06 bits per heavy atom. The summed E-state index contributed by atoms with van der Waals surface area (Å²) in [7, 11) is 7.34. The molecule has 9 heteroatoms. The fourth-order valence-corrected chi connectivity index (χ4v) is 3.98. The maximum absolute atomic E-state index is 11.9. The second kappa shape index (κ2) is 10.4. The van der Waals surface area contributed by atoms with Gasteiger partial charge in [-0.1, -0.05) is 24.3 Å². The van der Waals surface area contributed by atoms with Crippen LogP contribution in [0.5, 0.6) is 5.75 Å². The van der Waals surface area contributed by atoms with Crippen LogP contribution in [-0.4, -0.2) is 66.1 Å². The molecule has 0 unspecified atom stereocenters. The van der Waals surface area contributed by atoms with E-state index >= 15 is 0 Å². The molecule has 4 aromatic rings. The number of hydrogen-bond donors (Lipinski definition) is 0. The first-order valence-electron chi connectivity index (χ1n) is 11.2.